The maximum absolute atomic E-state index is 13.4. The molecule has 2 N–H and O–H groups in total. The van der Waals surface area contributed by atoms with Gasteiger partial charge in [0.15, 0.2) is 6.61 Å². The molecule has 2 aromatic rings. The number of rotatable bonds is 6. The van der Waals surface area contributed by atoms with Gasteiger partial charge in [-0.2, -0.15) is 0 Å². The monoisotopic (exact) mass is 358 g/mol. The number of carbonyl (C=O) groups is 3. The molecule has 26 heavy (non-hydrogen) atoms. The molecule has 0 bridgehead atoms. The molecule has 0 unspecified atom stereocenters. The van der Waals surface area contributed by atoms with Gasteiger partial charge in [0.05, 0.1) is 5.69 Å². The van der Waals surface area contributed by atoms with Crippen molar-refractivity contribution in [1.29, 1.82) is 0 Å². The van der Waals surface area contributed by atoms with E-state index in [0.717, 1.165) is 11.1 Å². The van der Waals surface area contributed by atoms with Crippen molar-refractivity contribution in [2.24, 2.45) is 0 Å². The van der Waals surface area contributed by atoms with Crippen molar-refractivity contribution in [3.63, 3.8) is 0 Å². The lowest BCUT2D eigenvalue weighted by Crippen LogP contribution is -2.32. The first-order valence-corrected chi connectivity index (χ1v) is 7.92. The molecule has 0 spiro atoms. The minimum Gasteiger partial charge on any atom is -0.454 e. The van der Waals surface area contributed by atoms with Gasteiger partial charge in [-0.05, 0) is 49.2 Å². The number of ether oxygens (including phenoxy) is 1. The van der Waals surface area contributed by atoms with Crippen LogP contribution in [0.25, 0.3) is 0 Å². The molecule has 0 aliphatic rings. The molecule has 0 aromatic heterocycles. The summed E-state index contributed by atoms with van der Waals surface area (Å²) in [5.41, 5.74) is 2.45. The van der Waals surface area contributed by atoms with E-state index in [4.69, 9.17) is 4.74 Å². The number of anilines is 1. The molecule has 6 nitrogen and oxygen atoms in total. The second-order valence-corrected chi connectivity index (χ2v) is 5.67. The Morgan fingerprint density at radius 1 is 1.04 bits per heavy atom. The van der Waals surface area contributed by atoms with Gasteiger partial charge in [-0.25, -0.2) is 4.39 Å². The number of hydrogen-bond acceptors (Lipinski definition) is 4. The molecule has 0 fully saturated rings. The minimum atomic E-state index is -0.772. The summed E-state index contributed by atoms with van der Waals surface area (Å²) >= 11 is 0. The lowest BCUT2D eigenvalue weighted by atomic mass is 10.1. The maximum atomic E-state index is 13.4. The number of halogens is 1. The third-order valence-corrected chi connectivity index (χ3v) is 3.67. The zero-order valence-electron chi connectivity index (χ0n) is 14.5. The smallest absolute Gasteiger partial charge is 0.325 e. The highest BCUT2D eigenvalue weighted by atomic mass is 19.1. The van der Waals surface area contributed by atoms with Crippen LogP contribution in [0.4, 0.5) is 10.1 Å². The number of para-hydroxylation sites is 1. The van der Waals surface area contributed by atoms with E-state index in [-0.39, 0.29) is 12.2 Å². The van der Waals surface area contributed by atoms with Crippen LogP contribution in [0, 0.1) is 19.7 Å². The van der Waals surface area contributed by atoms with Crippen molar-refractivity contribution >= 4 is 23.5 Å². The van der Waals surface area contributed by atoms with Crippen LogP contribution in [0.2, 0.25) is 0 Å². The van der Waals surface area contributed by atoms with Crippen molar-refractivity contribution in [1.82, 2.24) is 5.32 Å². The third kappa shape index (κ3) is 5.41. The molecule has 0 saturated heterocycles. The summed E-state index contributed by atoms with van der Waals surface area (Å²) < 4.78 is 18.2. The van der Waals surface area contributed by atoms with E-state index in [2.05, 4.69) is 10.6 Å². The fraction of sp³-hybridized carbons (Fsp3) is 0.211. The van der Waals surface area contributed by atoms with Gasteiger partial charge in [0, 0.05) is 5.56 Å². The molecular weight excluding hydrogens is 339 g/mol. The fourth-order valence-electron chi connectivity index (χ4n) is 2.08. The summed E-state index contributed by atoms with van der Waals surface area (Å²) in [6.45, 7) is 2.86. The Kier molecular flexibility index (Phi) is 6.43. The number of aryl methyl sites for hydroxylation is 2. The highest BCUT2D eigenvalue weighted by Gasteiger charge is 2.12. The molecule has 0 radical (unpaired) electrons. The number of esters is 1. The third-order valence-electron chi connectivity index (χ3n) is 3.67. The Hall–Kier alpha value is -3.22. The Bertz CT molecular complexity index is 836. The Morgan fingerprint density at radius 2 is 1.77 bits per heavy atom. The summed E-state index contributed by atoms with van der Waals surface area (Å²) in [7, 11) is 0. The first-order chi connectivity index (χ1) is 12.4. The second kappa shape index (κ2) is 8.75. The van der Waals surface area contributed by atoms with Crippen LogP contribution in [0.5, 0.6) is 0 Å². The van der Waals surface area contributed by atoms with Gasteiger partial charge in [-0.3, -0.25) is 14.4 Å². The van der Waals surface area contributed by atoms with Gasteiger partial charge in [0.25, 0.3) is 11.8 Å². The van der Waals surface area contributed by atoms with E-state index in [0.29, 0.717) is 5.56 Å². The normalized spacial score (nSPS) is 10.1. The van der Waals surface area contributed by atoms with E-state index in [1.807, 2.05) is 19.9 Å². The molecule has 2 amide bonds. The molecule has 2 aromatic carbocycles. The lowest BCUT2D eigenvalue weighted by molar-refractivity contribution is -0.146. The van der Waals surface area contributed by atoms with E-state index < -0.39 is 30.2 Å². The lowest BCUT2D eigenvalue weighted by Gasteiger charge is -2.09. The van der Waals surface area contributed by atoms with E-state index in [1.54, 1.807) is 18.2 Å². The largest absolute Gasteiger partial charge is 0.454 e. The van der Waals surface area contributed by atoms with E-state index >= 15 is 0 Å². The van der Waals surface area contributed by atoms with Crippen LogP contribution in [-0.4, -0.2) is 30.9 Å². The zero-order valence-corrected chi connectivity index (χ0v) is 14.5. The molecule has 0 aliphatic carbocycles. The van der Waals surface area contributed by atoms with Crippen LogP contribution >= 0.6 is 0 Å². The van der Waals surface area contributed by atoms with Gasteiger partial charge < -0.3 is 15.4 Å². The summed E-state index contributed by atoms with van der Waals surface area (Å²) in [6, 6.07) is 10.8. The number of hydrogen-bond donors (Lipinski definition) is 2. The Labute approximate surface area is 150 Å². The van der Waals surface area contributed by atoms with Gasteiger partial charge in [-0.1, -0.05) is 18.2 Å². The van der Waals surface area contributed by atoms with Crippen LogP contribution in [0.3, 0.4) is 0 Å². The van der Waals surface area contributed by atoms with Crippen LogP contribution in [0.15, 0.2) is 42.5 Å². The van der Waals surface area contributed by atoms with Crippen LogP contribution in [0.1, 0.15) is 21.5 Å². The number of benzene rings is 2. The Balaban J connectivity index is 1.76. The summed E-state index contributed by atoms with van der Waals surface area (Å²) in [4.78, 5) is 35.3. The molecule has 0 aliphatic heterocycles. The van der Waals surface area contributed by atoms with Crippen LogP contribution in [-0.2, 0) is 14.3 Å². The summed E-state index contributed by atoms with van der Waals surface area (Å²) in [5, 5.41) is 4.71. The van der Waals surface area contributed by atoms with Gasteiger partial charge in [0.2, 0.25) is 0 Å². The molecule has 0 saturated carbocycles. The van der Waals surface area contributed by atoms with Crippen LogP contribution < -0.4 is 10.6 Å². The quantitative estimate of drug-likeness (QED) is 0.777. The minimum absolute atomic E-state index is 0.00315. The summed E-state index contributed by atoms with van der Waals surface area (Å²) in [6.07, 6.45) is 0. The first-order valence-electron chi connectivity index (χ1n) is 7.92. The molecule has 0 atom stereocenters. The van der Waals surface area contributed by atoms with E-state index in [9.17, 15) is 18.8 Å². The highest BCUT2D eigenvalue weighted by molar-refractivity contribution is 5.96. The molecule has 0 heterocycles. The molecule has 7 heteroatoms. The maximum Gasteiger partial charge on any atom is 0.325 e. The van der Waals surface area contributed by atoms with Gasteiger partial charge >= 0.3 is 5.97 Å². The first kappa shape index (κ1) is 19.1. The predicted molar refractivity (Wildman–Crippen MR) is 94.2 cm³/mol. The average molecular weight is 358 g/mol. The standard InChI is InChI=1S/C19H19FN2O4/c1-12-7-8-14(9-13(12)2)19(25)21-10-18(24)26-11-17(23)22-16-6-4-3-5-15(16)20/h3-9H,10-11H2,1-2H3,(H,21,25)(H,22,23). The van der Waals surface area contributed by atoms with Crippen molar-refractivity contribution < 1.29 is 23.5 Å². The SMILES string of the molecule is Cc1ccc(C(=O)NCC(=O)OCC(=O)Nc2ccccc2F)cc1C. The molecule has 136 valence electrons. The van der Waals surface area contributed by atoms with Crippen molar-refractivity contribution in [3.05, 3.63) is 65.0 Å². The van der Waals surface area contributed by atoms with Crippen molar-refractivity contribution in [2.75, 3.05) is 18.5 Å². The predicted octanol–water partition coefficient (Wildman–Crippen LogP) is 2.35. The topological polar surface area (TPSA) is 84.5 Å². The fourth-order valence-corrected chi connectivity index (χ4v) is 2.08. The number of nitrogens with one attached hydrogen (secondary N) is 2. The number of carbonyl (C=O) groups excluding carboxylic acids is 3. The molecular formula is C19H19FN2O4. The number of amides is 2. The van der Waals surface area contributed by atoms with E-state index in [1.165, 1.54) is 18.2 Å². The van der Waals surface area contributed by atoms with Crippen molar-refractivity contribution in [3.8, 4) is 0 Å². The molecule has 2 rings (SSSR count). The van der Waals surface area contributed by atoms with Gasteiger partial charge in [-0.15, -0.1) is 0 Å². The zero-order chi connectivity index (χ0) is 19.1. The Morgan fingerprint density at radius 3 is 2.46 bits per heavy atom. The summed E-state index contributed by atoms with van der Waals surface area (Å²) in [5.74, 6) is -2.46. The van der Waals surface area contributed by atoms with Crippen molar-refractivity contribution in [2.45, 2.75) is 13.8 Å². The van der Waals surface area contributed by atoms with Gasteiger partial charge in [0.1, 0.15) is 12.4 Å². The second-order valence-electron chi connectivity index (χ2n) is 5.67. The average Bonchev–Trinajstić information content (AvgIpc) is 2.62. The highest BCUT2D eigenvalue weighted by Crippen LogP contribution is 2.12.